The van der Waals surface area contributed by atoms with E-state index in [4.69, 9.17) is 4.74 Å². The Balaban J connectivity index is 0.00000338. The van der Waals surface area contributed by atoms with Crippen molar-refractivity contribution in [3.05, 3.63) is 29.8 Å². The lowest BCUT2D eigenvalue weighted by molar-refractivity contribution is -0.122. The molecular formula is C19H31IN4O2. The molecule has 1 aromatic rings. The monoisotopic (exact) mass is 474 g/mol. The second-order valence-electron chi connectivity index (χ2n) is 6.23. The molecule has 0 heterocycles. The zero-order valence-corrected chi connectivity index (χ0v) is 18.3. The van der Waals surface area contributed by atoms with Crippen LogP contribution in [-0.2, 0) is 11.3 Å². The highest BCUT2D eigenvalue weighted by molar-refractivity contribution is 14.0. The fraction of sp³-hybridized carbons (Fsp3) is 0.579. The van der Waals surface area contributed by atoms with Crippen molar-refractivity contribution in [1.82, 2.24) is 15.5 Å². The van der Waals surface area contributed by atoms with Crippen molar-refractivity contribution in [2.45, 2.75) is 33.2 Å². The van der Waals surface area contributed by atoms with Gasteiger partial charge in [-0.3, -0.25) is 9.79 Å². The number of ether oxygens (including phenoxy) is 1. The van der Waals surface area contributed by atoms with Crippen LogP contribution >= 0.6 is 24.0 Å². The lowest BCUT2D eigenvalue weighted by atomic mass is 10.2. The summed E-state index contributed by atoms with van der Waals surface area (Å²) in [6, 6.07) is 8.12. The van der Waals surface area contributed by atoms with Gasteiger partial charge in [-0.15, -0.1) is 24.0 Å². The number of hydrogen-bond acceptors (Lipinski definition) is 3. The first-order valence-corrected chi connectivity index (χ1v) is 9.13. The molecule has 2 rings (SSSR count). The predicted octanol–water partition coefficient (Wildman–Crippen LogP) is 2.63. The third-order valence-corrected chi connectivity index (χ3v) is 3.97. The Hall–Kier alpha value is -1.51. The topological polar surface area (TPSA) is 66.0 Å². The van der Waals surface area contributed by atoms with Crippen LogP contribution in [0, 0.1) is 5.92 Å². The third-order valence-electron chi connectivity index (χ3n) is 3.97. The Morgan fingerprint density at radius 2 is 1.92 bits per heavy atom. The standard InChI is InChI=1S/C19H30N4O2.HI/c1-4-20-19(22-13-12-21-18(24)16-8-9-16)23(3)14-15-6-10-17(11-7-15)25-5-2;/h6-7,10-11,16H,4-5,8-9,12-14H2,1-3H3,(H,20,22)(H,21,24);1H. The minimum Gasteiger partial charge on any atom is -0.494 e. The number of amides is 1. The van der Waals surface area contributed by atoms with Crippen LogP contribution in [0.4, 0.5) is 0 Å². The molecule has 0 unspecified atom stereocenters. The van der Waals surface area contributed by atoms with Crippen LogP contribution in [0.15, 0.2) is 29.3 Å². The lowest BCUT2D eigenvalue weighted by Crippen LogP contribution is -2.39. The van der Waals surface area contributed by atoms with Crippen molar-refractivity contribution in [3.8, 4) is 5.75 Å². The minimum atomic E-state index is 0. The van der Waals surface area contributed by atoms with Gasteiger partial charge in [0.25, 0.3) is 0 Å². The number of carbonyl (C=O) groups excluding carboxylic acids is 1. The van der Waals surface area contributed by atoms with Crippen molar-refractivity contribution < 1.29 is 9.53 Å². The van der Waals surface area contributed by atoms with Crippen molar-refractivity contribution in [2.75, 3.05) is 33.3 Å². The number of benzene rings is 1. The van der Waals surface area contributed by atoms with Gasteiger partial charge in [-0.2, -0.15) is 0 Å². The highest BCUT2D eigenvalue weighted by atomic mass is 127. The van der Waals surface area contributed by atoms with Crippen molar-refractivity contribution in [1.29, 1.82) is 0 Å². The number of halogens is 1. The van der Waals surface area contributed by atoms with E-state index in [0.717, 1.165) is 37.6 Å². The Morgan fingerprint density at radius 1 is 1.23 bits per heavy atom. The molecule has 0 bridgehead atoms. The van der Waals surface area contributed by atoms with Crippen LogP contribution in [-0.4, -0.2) is 50.1 Å². The Bertz CT molecular complexity index is 573. The normalized spacial score (nSPS) is 13.6. The summed E-state index contributed by atoms with van der Waals surface area (Å²) in [7, 11) is 2.01. The van der Waals surface area contributed by atoms with Crippen molar-refractivity contribution >= 4 is 35.8 Å². The largest absolute Gasteiger partial charge is 0.494 e. The SMILES string of the molecule is CCNC(=NCCNC(=O)C1CC1)N(C)Cc1ccc(OCC)cc1.I. The average molecular weight is 474 g/mol. The van der Waals surface area contributed by atoms with E-state index in [1.165, 1.54) is 5.56 Å². The first-order chi connectivity index (χ1) is 12.1. The average Bonchev–Trinajstić information content (AvgIpc) is 3.44. The van der Waals surface area contributed by atoms with Crippen LogP contribution in [0.25, 0.3) is 0 Å². The molecular weight excluding hydrogens is 443 g/mol. The van der Waals surface area contributed by atoms with Crippen LogP contribution in [0.3, 0.4) is 0 Å². The highest BCUT2D eigenvalue weighted by Crippen LogP contribution is 2.28. The first kappa shape index (κ1) is 22.5. The van der Waals surface area contributed by atoms with E-state index < -0.39 is 0 Å². The van der Waals surface area contributed by atoms with Gasteiger partial charge in [0.15, 0.2) is 5.96 Å². The highest BCUT2D eigenvalue weighted by Gasteiger charge is 2.28. The van der Waals surface area contributed by atoms with E-state index in [0.29, 0.717) is 19.7 Å². The van der Waals surface area contributed by atoms with Crippen molar-refractivity contribution in [2.24, 2.45) is 10.9 Å². The van der Waals surface area contributed by atoms with E-state index in [2.05, 4.69) is 39.6 Å². The zero-order chi connectivity index (χ0) is 18.1. The number of nitrogens with one attached hydrogen (secondary N) is 2. The number of hydrogen-bond donors (Lipinski definition) is 2. The zero-order valence-electron chi connectivity index (χ0n) is 16.0. The number of nitrogens with zero attached hydrogens (tertiary/aromatic N) is 2. The summed E-state index contributed by atoms with van der Waals surface area (Å²) in [5.41, 5.74) is 1.19. The molecule has 1 aliphatic rings. The molecule has 6 nitrogen and oxygen atoms in total. The summed E-state index contributed by atoms with van der Waals surface area (Å²) in [5.74, 6) is 2.15. The number of guanidine groups is 1. The second kappa shape index (κ2) is 12.0. The smallest absolute Gasteiger partial charge is 0.223 e. The van der Waals surface area contributed by atoms with Gasteiger partial charge in [-0.25, -0.2) is 0 Å². The second-order valence-corrected chi connectivity index (χ2v) is 6.23. The van der Waals surface area contributed by atoms with Crippen LogP contribution in [0.2, 0.25) is 0 Å². The molecule has 146 valence electrons. The van der Waals surface area contributed by atoms with E-state index in [1.54, 1.807) is 0 Å². The summed E-state index contributed by atoms with van der Waals surface area (Å²) in [4.78, 5) is 18.3. The van der Waals surface area contributed by atoms with Gasteiger partial charge in [0, 0.05) is 32.6 Å². The van der Waals surface area contributed by atoms with Gasteiger partial charge in [0.05, 0.1) is 13.2 Å². The van der Waals surface area contributed by atoms with Gasteiger partial charge < -0.3 is 20.3 Å². The molecule has 0 aromatic heterocycles. The third kappa shape index (κ3) is 7.80. The molecule has 0 radical (unpaired) electrons. The van der Waals surface area contributed by atoms with Crippen molar-refractivity contribution in [3.63, 3.8) is 0 Å². The van der Waals surface area contributed by atoms with Crippen LogP contribution in [0.1, 0.15) is 32.3 Å². The molecule has 0 spiro atoms. The quantitative estimate of drug-likeness (QED) is 0.250. The molecule has 1 aliphatic carbocycles. The maximum absolute atomic E-state index is 11.6. The molecule has 1 saturated carbocycles. The van der Waals surface area contributed by atoms with Crippen LogP contribution < -0.4 is 15.4 Å². The van der Waals surface area contributed by atoms with E-state index in [9.17, 15) is 4.79 Å². The number of carbonyl (C=O) groups is 1. The molecule has 0 saturated heterocycles. The van der Waals surface area contributed by atoms with Gasteiger partial charge >= 0.3 is 0 Å². The maximum atomic E-state index is 11.6. The molecule has 2 N–H and O–H groups in total. The fourth-order valence-electron chi connectivity index (χ4n) is 2.51. The summed E-state index contributed by atoms with van der Waals surface area (Å²) in [5, 5.41) is 6.24. The molecule has 1 aromatic carbocycles. The maximum Gasteiger partial charge on any atom is 0.223 e. The summed E-state index contributed by atoms with van der Waals surface area (Å²) in [6.45, 7) is 7.43. The van der Waals surface area contributed by atoms with E-state index in [1.807, 2.05) is 26.1 Å². The fourth-order valence-corrected chi connectivity index (χ4v) is 2.51. The Labute approximate surface area is 173 Å². The molecule has 1 amide bonds. The molecule has 0 aliphatic heterocycles. The van der Waals surface area contributed by atoms with Gasteiger partial charge in [-0.1, -0.05) is 12.1 Å². The molecule has 0 atom stereocenters. The first-order valence-electron chi connectivity index (χ1n) is 9.13. The summed E-state index contributed by atoms with van der Waals surface area (Å²) < 4.78 is 5.47. The minimum absolute atomic E-state index is 0. The van der Waals surface area contributed by atoms with Crippen LogP contribution in [0.5, 0.6) is 5.75 Å². The molecule has 7 heteroatoms. The van der Waals surface area contributed by atoms with Gasteiger partial charge in [0.1, 0.15) is 5.75 Å². The molecule has 26 heavy (non-hydrogen) atoms. The van der Waals surface area contributed by atoms with Gasteiger partial charge in [-0.05, 0) is 44.4 Å². The molecule has 1 fully saturated rings. The Kier molecular flexibility index (Phi) is 10.4. The number of rotatable bonds is 9. The summed E-state index contributed by atoms with van der Waals surface area (Å²) in [6.07, 6.45) is 2.06. The van der Waals surface area contributed by atoms with E-state index in [-0.39, 0.29) is 35.8 Å². The number of aliphatic imine (C=N–C) groups is 1. The predicted molar refractivity (Wildman–Crippen MR) is 116 cm³/mol. The van der Waals surface area contributed by atoms with Gasteiger partial charge in [0.2, 0.25) is 5.91 Å². The Morgan fingerprint density at radius 3 is 2.50 bits per heavy atom. The van der Waals surface area contributed by atoms with E-state index >= 15 is 0 Å². The summed E-state index contributed by atoms with van der Waals surface area (Å²) >= 11 is 0. The lowest BCUT2D eigenvalue weighted by Gasteiger charge is -2.22.